The number of rotatable bonds is 4. The highest BCUT2D eigenvalue weighted by molar-refractivity contribution is 5.85. The molecule has 3 nitrogen and oxygen atoms in total. The van der Waals surface area contributed by atoms with E-state index in [1.165, 1.54) is 0 Å². The van der Waals surface area contributed by atoms with Gasteiger partial charge in [-0.15, -0.1) is 12.4 Å². The molecule has 0 aromatic rings. The first-order valence-corrected chi connectivity index (χ1v) is 3.16. The van der Waals surface area contributed by atoms with Gasteiger partial charge in [-0.2, -0.15) is 0 Å². The maximum atomic E-state index is 10.2. The summed E-state index contributed by atoms with van der Waals surface area (Å²) in [5, 5.41) is 8.78. The Kier molecular flexibility index (Phi) is 8.48. The Bertz CT molecular complexity index is 97.7. The van der Waals surface area contributed by atoms with Gasteiger partial charge < -0.3 is 10.8 Å². The maximum absolute atomic E-state index is 10.2. The van der Waals surface area contributed by atoms with Crippen LogP contribution in [0.5, 0.6) is 0 Å². The average Bonchev–Trinajstić information content (AvgIpc) is 1.82. The largest absolute Gasteiger partial charge is 0.383 e. The molecule has 10 heavy (non-hydrogen) atoms. The number of hydrogen-bond acceptors (Lipinski definition) is 2. The van der Waals surface area contributed by atoms with Crippen LogP contribution in [-0.4, -0.2) is 17.1 Å². The molecule has 1 unspecified atom stereocenters. The van der Waals surface area contributed by atoms with Gasteiger partial charge in [-0.1, -0.05) is 19.8 Å². The number of aliphatic hydroxyl groups excluding tert-OH is 1. The molecule has 0 fully saturated rings. The van der Waals surface area contributed by atoms with Crippen molar-refractivity contribution >= 4 is 18.3 Å². The van der Waals surface area contributed by atoms with E-state index in [1.54, 1.807) is 0 Å². The highest BCUT2D eigenvalue weighted by Crippen LogP contribution is 1.98. The fourth-order valence-electron chi connectivity index (χ4n) is 0.540. The lowest BCUT2D eigenvalue weighted by Crippen LogP contribution is -2.27. The normalized spacial score (nSPS) is 11.8. The van der Waals surface area contributed by atoms with Crippen LogP contribution in [0.3, 0.4) is 0 Å². The molecule has 0 saturated heterocycles. The number of carbonyl (C=O) groups excluding carboxylic acids is 1. The first-order valence-electron chi connectivity index (χ1n) is 3.16. The standard InChI is InChI=1S/C6H13NO2.ClH/c1-2-3-4-5(8)6(7)9;/h5,8H,2-4H2,1H3,(H2,7,9);1H. The Labute approximate surface area is 67.0 Å². The zero-order chi connectivity index (χ0) is 7.28. The van der Waals surface area contributed by atoms with Gasteiger partial charge in [0.25, 0.3) is 0 Å². The summed E-state index contributed by atoms with van der Waals surface area (Å²) < 4.78 is 0. The number of unbranched alkanes of at least 4 members (excludes halogenated alkanes) is 1. The molecular weight excluding hydrogens is 154 g/mol. The van der Waals surface area contributed by atoms with E-state index in [0.717, 1.165) is 12.8 Å². The van der Waals surface area contributed by atoms with Crippen LogP contribution < -0.4 is 5.73 Å². The van der Waals surface area contributed by atoms with Crippen molar-refractivity contribution in [1.82, 2.24) is 0 Å². The summed E-state index contributed by atoms with van der Waals surface area (Å²) in [6.07, 6.45) is 1.38. The lowest BCUT2D eigenvalue weighted by molar-refractivity contribution is -0.126. The Hall–Kier alpha value is -0.280. The van der Waals surface area contributed by atoms with Gasteiger partial charge in [-0.25, -0.2) is 0 Å². The van der Waals surface area contributed by atoms with E-state index < -0.39 is 12.0 Å². The molecule has 1 atom stereocenters. The number of nitrogens with two attached hydrogens (primary N) is 1. The predicted octanol–water partition coefficient (Wildman–Crippen LogP) is 0.445. The lowest BCUT2D eigenvalue weighted by Gasteiger charge is -2.02. The van der Waals surface area contributed by atoms with Crippen molar-refractivity contribution in [2.45, 2.75) is 32.3 Å². The summed E-state index contributed by atoms with van der Waals surface area (Å²) in [7, 11) is 0. The number of amides is 1. The molecule has 3 N–H and O–H groups in total. The first kappa shape index (κ1) is 12.4. The Morgan fingerprint density at radius 2 is 2.20 bits per heavy atom. The second-order valence-corrected chi connectivity index (χ2v) is 2.06. The molecule has 0 radical (unpaired) electrons. The van der Waals surface area contributed by atoms with Crippen molar-refractivity contribution in [3.8, 4) is 0 Å². The van der Waals surface area contributed by atoms with E-state index in [9.17, 15) is 4.79 Å². The summed E-state index contributed by atoms with van der Waals surface area (Å²) in [6.45, 7) is 1.99. The SMILES string of the molecule is CCCCC(O)C(N)=O.Cl. The first-order chi connectivity index (χ1) is 4.18. The highest BCUT2D eigenvalue weighted by atomic mass is 35.5. The zero-order valence-electron chi connectivity index (χ0n) is 6.04. The third kappa shape index (κ3) is 5.85. The number of halogens is 1. The van der Waals surface area contributed by atoms with Gasteiger partial charge in [-0.05, 0) is 6.42 Å². The van der Waals surface area contributed by atoms with Crippen LogP contribution in [0.15, 0.2) is 0 Å². The number of hydrogen-bond donors (Lipinski definition) is 2. The summed E-state index contributed by atoms with van der Waals surface area (Å²) in [5.74, 6) is -0.622. The van der Waals surface area contributed by atoms with E-state index >= 15 is 0 Å². The van der Waals surface area contributed by atoms with E-state index in [1.807, 2.05) is 6.92 Å². The quantitative estimate of drug-likeness (QED) is 0.639. The fourth-order valence-corrected chi connectivity index (χ4v) is 0.540. The number of carbonyl (C=O) groups is 1. The summed E-state index contributed by atoms with van der Waals surface area (Å²) in [6, 6.07) is 0. The van der Waals surface area contributed by atoms with Crippen molar-refractivity contribution in [3.63, 3.8) is 0 Å². The van der Waals surface area contributed by atoms with E-state index in [2.05, 4.69) is 0 Å². The lowest BCUT2D eigenvalue weighted by atomic mass is 10.1. The zero-order valence-corrected chi connectivity index (χ0v) is 6.86. The van der Waals surface area contributed by atoms with Crippen LogP contribution in [0.25, 0.3) is 0 Å². The van der Waals surface area contributed by atoms with Gasteiger partial charge in [0.05, 0.1) is 0 Å². The minimum Gasteiger partial charge on any atom is -0.383 e. The molecule has 1 amide bonds. The number of primary amides is 1. The molecule has 0 aliphatic heterocycles. The Morgan fingerprint density at radius 1 is 1.70 bits per heavy atom. The Balaban J connectivity index is 0. The molecule has 0 aliphatic carbocycles. The van der Waals surface area contributed by atoms with Crippen LogP contribution >= 0.6 is 12.4 Å². The topological polar surface area (TPSA) is 63.3 Å². The van der Waals surface area contributed by atoms with Crippen molar-refractivity contribution in [3.05, 3.63) is 0 Å². The molecule has 0 bridgehead atoms. The van der Waals surface area contributed by atoms with Crippen molar-refractivity contribution in [2.24, 2.45) is 5.73 Å². The third-order valence-corrected chi connectivity index (χ3v) is 1.16. The number of aliphatic hydroxyl groups is 1. The highest BCUT2D eigenvalue weighted by Gasteiger charge is 2.07. The molecule has 62 valence electrons. The van der Waals surface area contributed by atoms with E-state index in [0.29, 0.717) is 6.42 Å². The van der Waals surface area contributed by atoms with Gasteiger partial charge in [0, 0.05) is 0 Å². The third-order valence-electron chi connectivity index (χ3n) is 1.16. The summed E-state index contributed by atoms with van der Waals surface area (Å²) >= 11 is 0. The van der Waals surface area contributed by atoms with Gasteiger partial charge in [0.2, 0.25) is 5.91 Å². The van der Waals surface area contributed by atoms with Gasteiger partial charge in [-0.3, -0.25) is 4.79 Å². The molecule has 0 aliphatic rings. The van der Waals surface area contributed by atoms with E-state index in [-0.39, 0.29) is 12.4 Å². The predicted molar refractivity (Wildman–Crippen MR) is 42.0 cm³/mol. The van der Waals surface area contributed by atoms with Crippen LogP contribution in [0.4, 0.5) is 0 Å². The molecule has 0 saturated carbocycles. The smallest absolute Gasteiger partial charge is 0.246 e. The van der Waals surface area contributed by atoms with Crippen LogP contribution in [0.1, 0.15) is 26.2 Å². The maximum Gasteiger partial charge on any atom is 0.246 e. The van der Waals surface area contributed by atoms with Crippen LogP contribution in [0.2, 0.25) is 0 Å². The second kappa shape index (κ2) is 6.83. The molecule has 0 aromatic carbocycles. The summed E-state index contributed by atoms with van der Waals surface area (Å²) in [4.78, 5) is 10.2. The molecule has 4 heteroatoms. The van der Waals surface area contributed by atoms with E-state index in [4.69, 9.17) is 10.8 Å². The minimum absolute atomic E-state index is 0. The molecular formula is C6H14ClNO2. The van der Waals surface area contributed by atoms with Gasteiger partial charge in [0.15, 0.2) is 0 Å². The van der Waals surface area contributed by atoms with Crippen molar-refractivity contribution in [1.29, 1.82) is 0 Å². The van der Waals surface area contributed by atoms with Gasteiger partial charge >= 0.3 is 0 Å². The second-order valence-electron chi connectivity index (χ2n) is 2.06. The monoisotopic (exact) mass is 167 g/mol. The molecule has 0 aromatic heterocycles. The molecule has 0 spiro atoms. The average molecular weight is 168 g/mol. The summed E-state index contributed by atoms with van der Waals surface area (Å²) in [5.41, 5.74) is 4.79. The van der Waals surface area contributed by atoms with Crippen LogP contribution in [0, 0.1) is 0 Å². The van der Waals surface area contributed by atoms with Crippen molar-refractivity contribution < 1.29 is 9.90 Å². The van der Waals surface area contributed by atoms with Crippen LogP contribution in [-0.2, 0) is 4.79 Å². The van der Waals surface area contributed by atoms with Gasteiger partial charge in [0.1, 0.15) is 6.10 Å². The van der Waals surface area contributed by atoms with Crippen molar-refractivity contribution in [2.75, 3.05) is 0 Å². The fraction of sp³-hybridized carbons (Fsp3) is 0.833. The molecule has 0 heterocycles. The molecule has 0 rings (SSSR count). The Morgan fingerprint density at radius 3 is 2.50 bits per heavy atom. The minimum atomic E-state index is -0.940.